The van der Waals surface area contributed by atoms with Gasteiger partial charge < -0.3 is 14.4 Å². The van der Waals surface area contributed by atoms with Crippen molar-refractivity contribution in [1.29, 1.82) is 0 Å². The molecule has 2 saturated heterocycles. The van der Waals surface area contributed by atoms with Crippen molar-refractivity contribution in [1.82, 2.24) is 15.1 Å². The lowest BCUT2D eigenvalue weighted by Gasteiger charge is -2.21. The molecule has 0 aliphatic carbocycles. The maximum atomic E-state index is 12.4. The third kappa shape index (κ3) is 3.28. The van der Waals surface area contributed by atoms with Crippen LogP contribution < -0.4 is 4.90 Å². The summed E-state index contributed by atoms with van der Waals surface area (Å²) in [5.74, 6) is -0.0626. The predicted octanol–water partition coefficient (Wildman–Crippen LogP) is 0.586. The molecule has 3 unspecified atom stereocenters. The fourth-order valence-electron chi connectivity index (χ4n) is 2.48. The summed E-state index contributed by atoms with van der Waals surface area (Å²) in [4.78, 5) is 27.2. The van der Waals surface area contributed by atoms with Gasteiger partial charge in [0.1, 0.15) is 0 Å². The Morgan fingerprint density at radius 1 is 1.50 bits per heavy atom. The number of carbonyl (C=O) groups excluding carboxylic acids is 2. The second-order valence-corrected chi connectivity index (χ2v) is 8.28. The zero-order valence-corrected chi connectivity index (χ0v) is 15.0. The highest BCUT2D eigenvalue weighted by molar-refractivity contribution is 7.87. The van der Waals surface area contributed by atoms with Crippen molar-refractivity contribution < 1.29 is 23.3 Å². The monoisotopic (exact) mass is 374 g/mol. The first-order valence-corrected chi connectivity index (χ1v) is 9.73. The number of ether oxygens (including phenoxy) is 2. The molecule has 3 atom stereocenters. The van der Waals surface area contributed by atoms with Gasteiger partial charge in [-0.2, -0.15) is 0 Å². The lowest BCUT2D eigenvalue weighted by Crippen LogP contribution is -2.39. The summed E-state index contributed by atoms with van der Waals surface area (Å²) in [6, 6.07) is -0.342. The summed E-state index contributed by atoms with van der Waals surface area (Å²) in [5.41, 5.74) is 0. The third-order valence-electron chi connectivity index (χ3n) is 3.75. The second-order valence-electron chi connectivity index (χ2n) is 5.41. The average Bonchev–Trinajstić information content (AvgIpc) is 3.29. The highest BCUT2D eigenvalue weighted by atomic mass is 32.2. The highest BCUT2D eigenvalue weighted by Crippen LogP contribution is 2.29. The molecule has 2 fully saturated rings. The number of urea groups is 1. The van der Waals surface area contributed by atoms with Crippen molar-refractivity contribution in [2.45, 2.75) is 36.4 Å². The van der Waals surface area contributed by atoms with Crippen molar-refractivity contribution in [2.75, 3.05) is 30.9 Å². The average molecular weight is 374 g/mol. The van der Waals surface area contributed by atoms with E-state index in [1.54, 1.807) is 14.0 Å². The number of hydrogen-bond acceptors (Lipinski definition) is 8. The molecule has 0 aromatic carbocycles. The van der Waals surface area contributed by atoms with E-state index in [1.165, 1.54) is 9.80 Å². The number of amides is 2. The Kier molecular flexibility index (Phi) is 5.11. The van der Waals surface area contributed by atoms with E-state index in [4.69, 9.17) is 9.47 Å². The Morgan fingerprint density at radius 3 is 2.96 bits per heavy atom. The highest BCUT2D eigenvalue weighted by Gasteiger charge is 2.42. The summed E-state index contributed by atoms with van der Waals surface area (Å²) in [6.07, 6.45) is 0.0593. The molecule has 0 bridgehead atoms. The number of anilines is 1. The molecule has 9 nitrogen and oxygen atoms in total. The normalized spacial score (nSPS) is 25.3. The lowest BCUT2D eigenvalue weighted by molar-refractivity contribution is -0.158. The Bertz CT molecular complexity index is 661. The van der Waals surface area contributed by atoms with Crippen LogP contribution in [-0.4, -0.2) is 69.6 Å². The van der Waals surface area contributed by atoms with Gasteiger partial charge in [-0.15, -0.1) is 10.2 Å². The molecule has 1 aromatic rings. The Morgan fingerprint density at radius 2 is 2.29 bits per heavy atom. The smallest absolute Gasteiger partial charge is 0.337 e. The minimum absolute atomic E-state index is 0.225. The van der Waals surface area contributed by atoms with Gasteiger partial charge in [0, 0.05) is 19.4 Å². The molecule has 11 heteroatoms. The summed E-state index contributed by atoms with van der Waals surface area (Å²) in [6.45, 7) is 2.54. The van der Waals surface area contributed by atoms with Crippen LogP contribution in [0.1, 0.15) is 19.8 Å². The number of esters is 1. The molecule has 1 aromatic heterocycles. The van der Waals surface area contributed by atoms with Gasteiger partial charge in [0.25, 0.3) is 0 Å². The van der Waals surface area contributed by atoms with E-state index in [2.05, 4.69) is 10.2 Å². The first-order valence-electron chi connectivity index (χ1n) is 7.59. The number of nitrogens with zero attached hydrogens (tertiary/aromatic N) is 4. The molecular weight excluding hydrogens is 356 g/mol. The molecular formula is C13H18N4O5S2. The summed E-state index contributed by atoms with van der Waals surface area (Å²) in [7, 11) is 0.365. The molecule has 3 rings (SSSR count). The van der Waals surface area contributed by atoms with Crippen LogP contribution in [0.15, 0.2) is 4.34 Å². The van der Waals surface area contributed by atoms with Gasteiger partial charge >= 0.3 is 12.0 Å². The second kappa shape index (κ2) is 7.11. The van der Waals surface area contributed by atoms with Gasteiger partial charge in [0.05, 0.1) is 17.3 Å². The maximum Gasteiger partial charge on any atom is 0.337 e. The molecule has 0 N–H and O–H groups in total. The van der Waals surface area contributed by atoms with Crippen LogP contribution in [0.3, 0.4) is 0 Å². The first-order chi connectivity index (χ1) is 11.5. The van der Waals surface area contributed by atoms with Gasteiger partial charge in [0.2, 0.25) is 15.7 Å². The molecule has 132 valence electrons. The van der Waals surface area contributed by atoms with Gasteiger partial charge in [-0.25, -0.2) is 14.5 Å². The lowest BCUT2D eigenvalue weighted by atomic mass is 10.2. The summed E-state index contributed by atoms with van der Waals surface area (Å²) in [5, 5.41) is 8.08. The van der Waals surface area contributed by atoms with E-state index in [1.807, 2.05) is 0 Å². The number of hydrogen-bond donors (Lipinski definition) is 0. The third-order valence-corrected chi connectivity index (χ3v) is 6.27. The fraction of sp³-hybridized carbons (Fsp3) is 0.692. The Labute approximate surface area is 145 Å². The van der Waals surface area contributed by atoms with Crippen LogP contribution in [0, 0.1) is 0 Å². The van der Waals surface area contributed by atoms with Crippen molar-refractivity contribution >= 4 is 39.3 Å². The first kappa shape index (κ1) is 17.2. The molecule has 2 aliphatic heterocycles. The van der Waals surface area contributed by atoms with Crippen molar-refractivity contribution in [2.24, 2.45) is 0 Å². The predicted molar refractivity (Wildman–Crippen MR) is 86.2 cm³/mol. The Hall–Kier alpha value is -1.59. The molecule has 2 aliphatic rings. The maximum absolute atomic E-state index is 12.4. The quantitative estimate of drug-likeness (QED) is 0.549. The Balaban J connectivity index is 1.77. The number of aromatic nitrogens is 2. The van der Waals surface area contributed by atoms with Crippen molar-refractivity contribution in [3.05, 3.63) is 0 Å². The number of rotatable bonds is 5. The van der Waals surface area contributed by atoms with Gasteiger partial charge in [-0.3, -0.25) is 4.21 Å². The van der Waals surface area contributed by atoms with Gasteiger partial charge in [-0.05, 0) is 12.8 Å². The SMILES string of the molecule is CCS(=O)c1nnc(N2C(=O)N(C)CC2OC(=O)C2CCCO2)s1. The van der Waals surface area contributed by atoms with Crippen LogP contribution in [-0.2, 0) is 25.1 Å². The standard InChI is InChI=1S/C13H18N4O5S2/c1-3-24(20)12-15-14-11(23-12)17-9(7-16(2)13(17)19)22-10(18)8-5-4-6-21-8/h8-9H,3-7H2,1-2H3. The zero-order valence-electron chi connectivity index (χ0n) is 13.3. The fourth-order valence-corrected chi connectivity index (χ4v) is 4.43. The van der Waals surface area contributed by atoms with E-state index in [9.17, 15) is 13.8 Å². The number of carbonyl (C=O) groups is 2. The molecule has 24 heavy (non-hydrogen) atoms. The zero-order chi connectivity index (χ0) is 17.3. The van der Waals surface area contributed by atoms with Gasteiger partial charge in [-0.1, -0.05) is 18.3 Å². The largest absolute Gasteiger partial charge is 0.437 e. The molecule has 0 saturated carbocycles. The van der Waals surface area contributed by atoms with Crippen LogP contribution in [0.4, 0.5) is 9.93 Å². The van der Waals surface area contributed by atoms with Crippen LogP contribution in [0.25, 0.3) is 0 Å². The van der Waals surface area contributed by atoms with Crippen LogP contribution >= 0.6 is 11.3 Å². The summed E-state index contributed by atoms with van der Waals surface area (Å²) >= 11 is 1.07. The van der Waals surface area contributed by atoms with Crippen molar-refractivity contribution in [3.63, 3.8) is 0 Å². The molecule has 0 radical (unpaired) electrons. The molecule has 0 spiro atoms. The van der Waals surface area contributed by atoms with E-state index in [0.29, 0.717) is 23.1 Å². The minimum Gasteiger partial charge on any atom is -0.437 e. The number of likely N-dealkylation sites (N-methyl/N-ethyl adjacent to an activating group) is 1. The van der Waals surface area contributed by atoms with E-state index in [0.717, 1.165) is 17.8 Å². The van der Waals surface area contributed by atoms with Crippen LogP contribution in [0.2, 0.25) is 0 Å². The van der Waals surface area contributed by atoms with Crippen molar-refractivity contribution in [3.8, 4) is 0 Å². The topological polar surface area (TPSA) is 102 Å². The van der Waals surface area contributed by atoms with E-state index < -0.39 is 29.1 Å². The van der Waals surface area contributed by atoms with E-state index in [-0.39, 0.29) is 17.7 Å². The minimum atomic E-state index is -1.25. The molecule has 3 heterocycles. The summed E-state index contributed by atoms with van der Waals surface area (Å²) < 4.78 is 22.9. The van der Waals surface area contributed by atoms with Gasteiger partial charge in [0.15, 0.2) is 6.10 Å². The van der Waals surface area contributed by atoms with E-state index >= 15 is 0 Å². The van der Waals surface area contributed by atoms with Crippen LogP contribution in [0.5, 0.6) is 0 Å². The molecule has 2 amide bonds.